The zero-order chi connectivity index (χ0) is 31.8. The number of fused-ring (bicyclic) bond motifs is 1. The van der Waals surface area contributed by atoms with Gasteiger partial charge < -0.3 is 20.1 Å². The molecule has 2 aromatic rings. The number of ether oxygens (including phenoxy) is 2. The minimum absolute atomic E-state index is 0.0903. The summed E-state index contributed by atoms with van der Waals surface area (Å²) in [5.41, 5.74) is -0.722. The molecule has 0 saturated carbocycles. The van der Waals surface area contributed by atoms with Gasteiger partial charge in [-0.05, 0) is 70.7 Å². The number of hydrogen-bond acceptors (Lipinski definition) is 7. The van der Waals surface area contributed by atoms with Crippen molar-refractivity contribution in [2.45, 2.75) is 77.6 Å². The molecule has 1 aliphatic heterocycles. The Morgan fingerprint density at radius 2 is 1.67 bits per heavy atom. The van der Waals surface area contributed by atoms with Crippen LogP contribution in [-0.4, -0.2) is 84.1 Å². The Balaban J connectivity index is 1.66. The number of carbonyl (C=O) groups excluding carboxylic acids is 4. The average molecular weight is 595 g/mol. The third-order valence-corrected chi connectivity index (χ3v) is 7.56. The van der Waals surface area contributed by atoms with Crippen molar-refractivity contribution >= 4 is 34.6 Å². The summed E-state index contributed by atoms with van der Waals surface area (Å²) >= 11 is 0. The number of hydrogen-bond donors (Lipinski definition) is 2. The first-order valence-corrected chi connectivity index (χ1v) is 14.8. The second kappa shape index (κ2) is 14.5. The molecule has 10 heteroatoms. The van der Waals surface area contributed by atoms with Crippen LogP contribution in [0.5, 0.6) is 0 Å². The number of benzene rings is 2. The monoisotopic (exact) mass is 594 g/mol. The first-order chi connectivity index (χ1) is 20.2. The second-order valence-electron chi connectivity index (χ2n) is 12.4. The van der Waals surface area contributed by atoms with Crippen molar-refractivity contribution in [1.82, 2.24) is 20.4 Å². The van der Waals surface area contributed by atoms with Gasteiger partial charge >= 0.3 is 12.1 Å². The Labute approximate surface area is 254 Å². The van der Waals surface area contributed by atoms with Crippen LogP contribution in [0, 0.1) is 0 Å². The van der Waals surface area contributed by atoms with Gasteiger partial charge in [0.05, 0.1) is 7.11 Å². The van der Waals surface area contributed by atoms with Gasteiger partial charge in [0.15, 0.2) is 0 Å². The number of carbonyl (C=O) groups is 4. The first kappa shape index (κ1) is 33.6. The third kappa shape index (κ3) is 9.54. The summed E-state index contributed by atoms with van der Waals surface area (Å²) in [5, 5.41) is 7.84. The zero-order valence-corrected chi connectivity index (χ0v) is 26.4. The lowest BCUT2D eigenvalue weighted by Crippen LogP contribution is -2.58. The first-order valence-electron chi connectivity index (χ1n) is 14.8. The molecule has 1 fully saturated rings. The van der Waals surface area contributed by atoms with E-state index in [1.165, 1.54) is 40.5 Å². The molecule has 0 radical (unpaired) electrons. The number of nitrogens with zero attached hydrogens (tertiary/aromatic N) is 2. The van der Waals surface area contributed by atoms with E-state index in [0.717, 1.165) is 13.1 Å². The molecule has 234 valence electrons. The Kier molecular flexibility index (Phi) is 11.3. The van der Waals surface area contributed by atoms with E-state index in [-0.39, 0.29) is 25.2 Å². The van der Waals surface area contributed by atoms with Crippen molar-refractivity contribution in [3.63, 3.8) is 0 Å². The van der Waals surface area contributed by atoms with Gasteiger partial charge in [0.1, 0.15) is 17.7 Å². The van der Waals surface area contributed by atoms with Crippen LogP contribution >= 0.6 is 0 Å². The fraction of sp³-hybridized carbons (Fsp3) is 0.515. The summed E-state index contributed by atoms with van der Waals surface area (Å²) in [4.78, 5) is 54.4. The Bertz CT molecular complexity index is 1320. The van der Waals surface area contributed by atoms with Crippen molar-refractivity contribution < 1.29 is 28.7 Å². The third-order valence-electron chi connectivity index (χ3n) is 7.56. The Morgan fingerprint density at radius 3 is 2.33 bits per heavy atom. The molecule has 1 unspecified atom stereocenters. The van der Waals surface area contributed by atoms with Gasteiger partial charge in [0, 0.05) is 37.8 Å². The normalized spacial score (nSPS) is 15.6. The number of esters is 1. The molecule has 0 spiro atoms. The standard InChI is InChI=1S/C33H46N4O6/c1-23(26-15-10-13-24-12-8-9-14-27(24)26)36-20-17-25(18-21-36)37(31(41)43-32(2,3)4)22-28(38)35-33(5,6)30(40)34-19-11-16-29(39)42-7/h8-16,23,25H,17-22H2,1-7H3,(H,34,40)(H,35,38)/b16-11+. The summed E-state index contributed by atoms with van der Waals surface area (Å²) in [5.74, 6) is -1.43. The van der Waals surface area contributed by atoms with Crippen LogP contribution in [0.25, 0.3) is 10.8 Å². The van der Waals surface area contributed by atoms with Crippen molar-refractivity contribution in [2.24, 2.45) is 0 Å². The van der Waals surface area contributed by atoms with Crippen LogP contribution in [0.15, 0.2) is 54.6 Å². The summed E-state index contributed by atoms with van der Waals surface area (Å²) in [6.07, 6.45) is 3.46. The Morgan fingerprint density at radius 1 is 1.02 bits per heavy atom. The molecule has 1 heterocycles. The molecule has 1 aliphatic rings. The van der Waals surface area contributed by atoms with Crippen LogP contribution in [0.2, 0.25) is 0 Å². The molecule has 3 rings (SSSR count). The van der Waals surface area contributed by atoms with Crippen LogP contribution in [0.4, 0.5) is 4.79 Å². The summed E-state index contributed by atoms with van der Waals surface area (Å²) < 4.78 is 10.2. The van der Waals surface area contributed by atoms with Gasteiger partial charge in [0.2, 0.25) is 11.8 Å². The molecule has 0 aliphatic carbocycles. The molecule has 1 saturated heterocycles. The summed E-state index contributed by atoms with van der Waals surface area (Å²) in [7, 11) is 1.26. The lowest BCUT2D eigenvalue weighted by molar-refractivity contribution is -0.135. The quantitative estimate of drug-likeness (QED) is 0.310. The largest absolute Gasteiger partial charge is 0.466 e. The van der Waals surface area contributed by atoms with Gasteiger partial charge in [-0.1, -0.05) is 48.5 Å². The predicted octanol–water partition coefficient (Wildman–Crippen LogP) is 4.34. The maximum absolute atomic E-state index is 13.3. The number of likely N-dealkylation sites (tertiary alicyclic amines) is 1. The maximum Gasteiger partial charge on any atom is 0.411 e. The fourth-order valence-corrected chi connectivity index (χ4v) is 5.25. The number of rotatable bonds is 10. The van der Waals surface area contributed by atoms with E-state index in [1.54, 1.807) is 34.6 Å². The van der Waals surface area contributed by atoms with Crippen molar-refractivity contribution in [2.75, 3.05) is 33.3 Å². The van der Waals surface area contributed by atoms with E-state index in [0.29, 0.717) is 12.8 Å². The van der Waals surface area contributed by atoms with Crippen molar-refractivity contribution in [3.8, 4) is 0 Å². The van der Waals surface area contributed by atoms with E-state index in [2.05, 4.69) is 63.6 Å². The molecule has 0 bridgehead atoms. The second-order valence-corrected chi connectivity index (χ2v) is 12.4. The smallest absolute Gasteiger partial charge is 0.411 e. The molecular weight excluding hydrogens is 548 g/mol. The van der Waals surface area contributed by atoms with E-state index >= 15 is 0 Å². The molecule has 2 aromatic carbocycles. The van der Waals surface area contributed by atoms with Gasteiger partial charge in [-0.2, -0.15) is 0 Å². The highest BCUT2D eigenvalue weighted by atomic mass is 16.6. The number of methoxy groups -OCH3 is 1. The van der Waals surface area contributed by atoms with E-state index in [9.17, 15) is 19.2 Å². The van der Waals surface area contributed by atoms with Gasteiger partial charge in [-0.15, -0.1) is 0 Å². The fourth-order valence-electron chi connectivity index (χ4n) is 5.25. The summed E-state index contributed by atoms with van der Waals surface area (Å²) in [6.45, 7) is 12.1. The van der Waals surface area contributed by atoms with Gasteiger partial charge in [0.25, 0.3) is 0 Å². The highest BCUT2D eigenvalue weighted by Gasteiger charge is 2.36. The average Bonchev–Trinajstić information content (AvgIpc) is 2.96. The lowest BCUT2D eigenvalue weighted by atomic mass is 9.95. The molecule has 10 nitrogen and oxygen atoms in total. The van der Waals surface area contributed by atoms with Gasteiger partial charge in [-0.3, -0.25) is 19.4 Å². The highest BCUT2D eigenvalue weighted by Crippen LogP contribution is 2.31. The lowest BCUT2D eigenvalue weighted by Gasteiger charge is -2.41. The van der Waals surface area contributed by atoms with Crippen LogP contribution in [-0.2, 0) is 23.9 Å². The van der Waals surface area contributed by atoms with E-state index < -0.39 is 35.0 Å². The minimum atomic E-state index is -1.26. The molecule has 0 aromatic heterocycles. The van der Waals surface area contributed by atoms with Crippen LogP contribution in [0.1, 0.15) is 66.0 Å². The minimum Gasteiger partial charge on any atom is -0.466 e. The predicted molar refractivity (Wildman–Crippen MR) is 166 cm³/mol. The molecular formula is C33H46N4O6. The Hall–Kier alpha value is -3.92. The summed E-state index contributed by atoms with van der Waals surface area (Å²) in [6, 6.07) is 14.7. The van der Waals surface area contributed by atoms with Crippen LogP contribution < -0.4 is 10.6 Å². The number of amides is 3. The van der Waals surface area contributed by atoms with Crippen molar-refractivity contribution in [1.29, 1.82) is 0 Å². The zero-order valence-electron chi connectivity index (χ0n) is 26.4. The molecule has 2 N–H and O–H groups in total. The molecule has 43 heavy (non-hydrogen) atoms. The van der Waals surface area contributed by atoms with Crippen LogP contribution in [0.3, 0.4) is 0 Å². The maximum atomic E-state index is 13.3. The molecule has 1 atom stereocenters. The highest BCUT2D eigenvalue weighted by molar-refractivity contribution is 5.92. The number of nitrogens with one attached hydrogen (secondary N) is 2. The van der Waals surface area contributed by atoms with E-state index in [1.807, 2.05) is 6.07 Å². The molecule has 3 amide bonds. The SMILES string of the molecule is COC(=O)/C=C/CNC(=O)C(C)(C)NC(=O)CN(C(=O)OC(C)(C)C)C1CCN(C(C)c2cccc3ccccc23)CC1. The van der Waals surface area contributed by atoms with Gasteiger partial charge in [-0.25, -0.2) is 9.59 Å². The van der Waals surface area contributed by atoms with Crippen molar-refractivity contribution in [3.05, 3.63) is 60.2 Å². The number of piperidine rings is 1. The topological polar surface area (TPSA) is 117 Å². The van der Waals surface area contributed by atoms with E-state index in [4.69, 9.17) is 4.74 Å².